The number of amides is 1. The minimum atomic E-state index is -4.30. The van der Waals surface area contributed by atoms with Gasteiger partial charge < -0.3 is 5.73 Å². The van der Waals surface area contributed by atoms with Crippen LogP contribution in [0.25, 0.3) is 0 Å². The maximum absolute atomic E-state index is 11.0. The van der Waals surface area contributed by atoms with Crippen LogP contribution in [0.2, 0.25) is 0 Å². The number of carbonyl (C=O) groups excluding carboxylic acids is 1. The van der Waals surface area contributed by atoms with Gasteiger partial charge in [-0.05, 0) is 0 Å². The van der Waals surface area contributed by atoms with Crippen molar-refractivity contribution < 1.29 is 18.0 Å². The summed E-state index contributed by atoms with van der Waals surface area (Å²) in [6.07, 6.45) is -3.85. The van der Waals surface area contributed by atoms with E-state index in [0.29, 0.717) is 6.42 Å². The van der Waals surface area contributed by atoms with Gasteiger partial charge in [0.05, 0.1) is 6.01 Å². The zero-order valence-electron chi connectivity index (χ0n) is 6.98. The van der Waals surface area contributed by atoms with Gasteiger partial charge in [-0.1, -0.05) is 6.92 Å². The Bertz CT molecular complexity index is 196. The van der Waals surface area contributed by atoms with Crippen LogP contribution in [0.5, 0.6) is 0 Å². The van der Waals surface area contributed by atoms with Gasteiger partial charge in [-0.25, -0.2) is 10.4 Å². The summed E-state index contributed by atoms with van der Waals surface area (Å²) in [5.74, 6) is -0.245. The first-order chi connectivity index (χ1) is 5.83. The number of nitrogens with zero attached hydrogens (tertiary/aromatic N) is 1. The van der Waals surface area contributed by atoms with E-state index in [1.54, 1.807) is 6.92 Å². The molecule has 0 bridgehead atoms. The van der Waals surface area contributed by atoms with Crippen molar-refractivity contribution in [2.24, 2.45) is 10.7 Å². The number of nitrogens with two attached hydrogens (primary N) is 1. The fourth-order valence-electron chi connectivity index (χ4n) is 0.129. The smallest absolute Gasteiger partial charge is 0.370 e. The molecule has 0 radical (unpaired) electrons. The second kappa shape index (κ2) is 7.30. The third kappa shape index (κ3) is 25.0. The Hall–Kier alpha value is -1.36. The fraction of sp³-hybridized carbons (Fsp3) is 0.667. The average Bonchev–Trinajstić information content (AvgIpc) is 2.00. The topological polar surface area (TPSA) is 79.3 Å². The zero-order valence-corrected chi connectivity index (χ0v) is 6.98. The summed E-state index contributed by atoms with van der Waals surface area (Å²) in [5, 5.41) is 5.97. The molecule has 0 aromatic carbocycles. The van der Waals surface area contributed by atoms with Crippen molar-refractivity contribution >= 4 is 11.9 Å². The van der Waals surface area contributed by atoms with Gasteiger partial charge in [0, 0.05) is 6.42 Å². The molecule has 76 valence electrons. The van der Waals surface area contributed by atoms with Crippen molar-refractivity contribution in [3.05, 3.63) is 0 Å². The van der Waals surface area contributed by atoms with Crippen LogP contribution in [0.3, 0.4) is 0 Å². The Morgan fingerprint density at radius 2 is 2.00 bits per heavy atom. The first-order valence-electron chi connectivity index (χ1n) is 3.26. The molecule has 0 rings (SSSR count). The van der Waals surface area contributed by atoms with Crippen LogP contribution in [0.4, 0.5) is 13.2 Å². The molecule has 13 heavy (non-hydrogen) atoms. The Labute approximate surface area is 73.1 Å². The summed E-state index contributed by atoms with van der Waals surface area (Å²) in [4.78, 5) is 12.1. The Morgan fingerprint density at radius 1 is 1.62 bits per heavy atom. The number of hydrogen-bond acceptors (Lipinski definition) is 3. The van der Waals surface area contributed by atoms with E-state index in [-0.39, 0.29) is 5.91 Å². The van der Waals surface area contributed by atoms with E-state index in [4.69, 9.17) is 5.41 Å². The van der Waals surface area contributed by atoms with Gasteiger partial charge in [0.15, 0.2) is 0 Å². The quantitative estimate of drug-likeness (QED) is 0.640. The van der Waals surface area contributed by atoms with Crippen LogP contribution in [0, 0.1) is 5.41 Å². The molecule has 0 aliphatic heterocycles. The molecule has 0 aliphatic rings. The highest BCUT2D eigenvalue weighted by atomic mass is 19.4. The maximum atomic E-state index is 11.0. The molecule has 0 saturated carbocycles. The minimum Gasteiger partial charge on any atom is -0.370 e. The van der Waals surface area contributed by atoms with Crippen LogP contribution in [-0.2, 0) is 4.79 Å². The van der Waals surface area contributed by atoms with Gasteiger partial charge in [-0.2, -0.15) is 13.2 Å². The highest BCUT2D eigenvalue weighted by Gasteiger charge is 2.25. The van der Waals surface area contributed by atoms with E-state index in [1.807, 2.05) is 0 Å². The Balaban J connectivity index is 0. The molecule has 0 atom stereocenters. The SMILES string of the molecule is CCC(N)=O.N=C=NCC(F)(F)F. The van der Waals surface area contributed by atoms with Crippen LogP contribution >= 0.6 is 0 Å². The summed E-state index contributed by atoms with van der Waals surface area (Å²) in [6.45, 7) is 0.416. The lowest BCUT2D eigenvalue weighted by Gasteiger charge is -1.96. The number of hydrogen-bond donors (Lipinski definition) is 2. The Kier molecular flexibility index (Phi) is 7.96. The van der Waals surface area contributed by atoms with E-state index < -0.39 is 12.7 Å². The number of rotatable bonds is 2. The van der Waals surface area contributed by atoms with E-state index in [1.165, 1.54) is 6.01 Å². The van der Waals surface area contributed by atoms with Crippen molar-refractivity contribution in [1.29, 1.82) is 5.41 Å². The molecule has 0 aliphatic carbocycles. The van der Waals surface area contributed by atoms with Crippen molar-refractivity contribution in [2.45, 2.75) is 19.5 Å². The first kappa shape index (κ1) is 14.2. The van der Waals surface area contributed by atoms with Gasteiger partial charge in [-0.3, -0.25) is 4.79 Å². The molecule has 0 saturated heterocycles. The van der Waals surface area contributed by atoms with Gasteiger partial charge >= 0.3 is 6.18 Å². The molecule has 0 spiro atoms. The monoisotopic (exact) mass is 197 g/mol. The molecular weight excluding hydrogens is 187 g/mol. The normalized spacial score (nSPS) is 9.23. The highest BCUT2D eigenvalue weighted by Crippen LogP contribution is 2.13. The predicted molar refractivity (Wildman–Crippen MR) is 40.6 cm³/mol. The van der Waals surface area contributed by atoms with Crippen molar-refractivity contribution in [3.63, 3.8) is 0 Å². The number of aliphatic imine (C=N–C) groups is 1. The molecule has 0 unspecified atom stereocenters. The predicted octanol–water partition coefficient (Wildman–Crippen LogP) is 1.18. The van der Waals surface area contributed by atoms with Gasteiger partial charge in [0.1, 0.15) is 6.54 Å². The van der Waals surface area contributed by atoms with Crippen LogP contribution in [0.1, 0.15) is 13.3 Å². The third-order valence-corrected chi connectivity index (χ3v) is 0.686. The lowest BCUT2D eigenvalue weighted by Crippen LogP contribution is -2.11. The summed E-state index contributed by atoms with van der Waals surface area (Å²) in [6, 6.07) is 1.28. The second-order valence-corrected chi connectivity index (χ2v) is 1.86. The molecule has 0 aromatic heterocycles. The van der Waals surface area contributed by atoms with Gasteiger partial charge in [0.2, 0.25) is 5.91 Å². The highest BCUT2D eigenvalue weighted by molar-refractivity contribution is 5.73. The summed E-state index contributed by atoms with van der Waals surface area (Å²) in [5.41, 5.74) is 4.65. The summed E-state index contributed by atoms with van der Waals surface area (Å²) >= 11 is 0. The number of nitrogens with one attached hydrogen (secondary N) is 1. The molecule has 0 heterocycles. The van der Waals surface area contributed by atoms with E-state index in [9.17, 15) is 18.0 Å². The van der Waals surface area contributed by atoms with Crippen molar-refractivity contribution in [3.8, 4) is 0 Å². The Morgan fingerprint density at radius 3 is 2.08 bits per heavy atom. The standard InChI is InChI=1S/C3H3F3N2.C3H7NO/c4-3(5,6)1-8-2-7;1-2-3(4)5/h7H,1H2;2H2,1H3,(H2,4,5). The van der Waals surface area contributed by atoms with E-state index in [0.717, 1.165) is 0 Å². The number of halogens is 3. The molecular formula is C6H10F3N3O. The van der Waals surface area contributed by atoms with E-state index >= 15 is 0 Å². The van der Waals surface area contributed by atoms with E-state index in [2.05, 4.69) is 10.7 Å². The van der Waals surface area contributed by atoms with Crippen molar-refractivity contribution in [1.82, 2.24) is 0 Å². The zero-order chi connectivity index (χ0) is 10.9. The lowest BCUT2D eigenvalue weighted by atomic mass is 10.5. The van der Waals surface area contributed by atoms with Crippen LogP contribution < -0.4 is 5.73 Å². The molecule has 0 fully saturated rings. The molecule has 3 N–H and O–H groups in total. The number of primary amides is 1. The maximum Gasteiger partial charge on any atom is 0.408 e. The lowest BCUT2D eigenvalue weighted by molar-refractivity contribution is -0.118. The number of alkyl halides is 3. The fourth-order valence-corrected chi connectivity index (χ4v) is 0.129. The molecule has 1 amide bonds. The van der Waals surface area contributed by atoms with Crippen LogP contribution in [-0.4, -0.2) is 24.6 Å². The van der Waals surface area contributed by atoms with Crippen molar-refractivity contribution in [2.75, 3.05) is 6.54 Å². The summed E-state index contributed by atoms with van der Waals surface area (Å²) < 4.78 is 33.1. The van der Waals surface area contributed by atoms with Gasteiger partial charge in [-0.15, -0.1) is 0 Å². The molecule has 4 nitrogen and oxygen atoms in total. The summed E-state index contributed by atoms with van der Waals surface area (Å²) in [7, 11) is 0. The third-order valence-electron chi connectivity index (χ3n) is 0.686. The first-order valence-corrected chi connectivity index (χ1v) is 3.26. The second-order valence-electron chi connectivity index (χ2n) is 1.86. The minimum absolute atomic E-state index is 0.245. The molecule has 7 heteroatoms. The molecule has 0 aromatic rings. The van der Waals surface area contributed by atoms with Crippen LogP contribution in [0.15, 0.2) is 4.99 Å². The largest absolute Gasteiger partial charge is 0.408 e. The number of carbonyl (C=O) groups is 1. The van der Waals surface area contributed by atoms with Gasteiger partial charge in [0.25, 0.3) is 0 Å². The average molecular weight is 197 g/mol.